The summed E-state index contributed by atoms with van der Waals surface area (Å²) in [6.07, 6.45) is 8.73. The largest absolute Gasteiger partial charge is 0.313 e. The van der Waals surface area contributed by atoms with Crippen molar-refractivity contribution in [3.05, 3.63) is 0 Å². The van der Waals surface area contributed by atoms with Gasteiger partial charge in [0.1, 0.15) is 0 Å². The highest BCUT2D eigenvalue weighted by Crippen LogP contribution is 2.49. The van der Waals surface area contributed by atoms with Crippen molar-refractivity contribution in [3.63, 3.8) is 0 Å². The van der Waals surface area contributed by atoms with Crippen LogP contribution in [0.1, 0.15) is 38.5 Å². The number of hydrogen-bond acceptors (Lipinski definition) is 2. The average Bonchev–Trinajstić information content (AvgIpc) is 1.96. The Morgan fingerprint density at radius 3 is 2.07 bits per heavy atom. The van der Waals surface area contributed by atoms with Crippen LogP contribution in [0.25, 0.3) is 0 Å². The van der Waals surface area contributed by atoms with E-state index >= 15 is 0 Å². The molecule has 80 valence electrons. The molecular formula is C12H22N2. The lowest BCUT2D eigenvalue weighted by atomic mass is 9.63. The lowest BCUT2D eigenvalue weighted by molar-refractivity contribution is -0.0788. The Morgan fingerprint density at radius 2 is 1.71 bits per heavy atom. The summed E-state index contributed by atoms with van der Waals surface area (Å²) in [5, 5.41) is 3.54. The molecule has 1 N–H and O–H groups in total. The minimum absolute atomic E-state index is 0.505. The van der Waals surface area contributed by atoms with Gasteiger partial charge in [-0.1, -0.05) is 6.42 Å². The quantitative estimate of drug-likeness (QED) is 0.734. The smallest absolute Gasteiger partial charge is 0.0306 e. The van der Waals surface area contributed by atoms with Crippen LogP contribution < -0.4 is 5.32 Å². The van der Waals surface area contributed by atoms with Crippen LogP contribution in [0.2, 0.25) is 0 Å². The minimum Gasteiger partial charge on any atom is -0.313 e. The maximum absolute atomic E-state index is 3.54. The molecule has 0 unspecified atom stereocenters. The Bertz CT molecular complexity index is 215. The van der Waals surface area contributed by atoms with Crippen molar-refractivity contribution in [3.8, 4) is 0 Å². The summed E-state index contributed by atoms with van der Waals surface area (Å²) >= 11 is 0. The second-order valence-electron chi connectivity index (χ2n) is 5.88. The zero-order chi connectivity index (χ0) is 9.65. The highest BCUT2D eigenvalue weighted by Gasteiger charge is 2.49. The number of likely N-dealkylation sites (tertiary alicyclic amines) is 1. The first-order valence-electron chi connectivity index (χ1n) is 6.17. The van der Waals surface area contributed by atoms with E-state index in [1.54, 1.807) is 0 Å². The van der Waals surface area contributed by atoms with Gasteiger partial charge in [0.2, 0.25) is 0 Å². The molecule has 0 amide bonds. The number of likely N-dealkylation sites (N-methyl/N-ethyl adjacent to an activating group) is 1. The molecule has 3 aliphatic rings. The first kappa shape index (κ1) is 9.17. The van der Waals surface area contributed by atoms with Crippen LogP contribution in [0.15, 0.2) is 0 Å². The number of rotatable bonds is 3. The van der Waals surface area contributed by atoms with Crippen molar-refractivity contribution >= 4 is 0 Å². The molecule has 2 saturated carbocycles. The second-order valence-corrected chi connectivity index (χ2v) is 5.88. The molecule has 0 bridgehead atoms. The van der Waals surface area contributed by atoms with Gasteiger partial charge in [-0.3, -0.25) is 0 Å². The SMILES string of the molecule is CNC1(CN2CC3(CCC3)C2)CCC1. The summed E-state index contributed by atoms with van der Waals surface area (Å²) in [6, 6.07) is 0. The summed E-state index contributed by atoms with van der Waals surface area (Å²) in [5.41, 5.74) is 1.31. The van der Waals surface area contributed by atoms with E-state index in [4.69, 9.17) is 0 Å². The van der Waals surface area contributed by atoms with E-state index in [0.29, 0.717) is 5.54 Å². The highest BCUT2D eigenvalue weighted by molar-refractivity contribution is 5.05. The van der Waals surface area contributed by atoms with Gasteiger partial charge in [-0.25, -0.2) is 0 Å². The monoisotopic (exact) mass is 194 g/mol. The van der Waals surface area contributed by atoms with Crippen LogP contribution in [-0.2, 0) is 0 Å². The number of nitrogens with one attached hydrogen (secondary N) is 1. The van der Waals surface area contributed by atoms with Crippen molar-refractivity contribution in [1.82, 2.24) is 10.2 Å². The fraction of sp³-hybridized carbons (Fsp3) is 1.00. The Labute approximate surface area is 87.0 Å². The van der Waals surface area contributed by atoms with Gasteiger partial charge in [0, 0.05) is 25.2 Å². The van der Waals surface area contributed by atoms with E-state index < -0.39 is 0 Å². The van der Waals surface area contributed by atoms with Crippen LogP contribution in [-0.4, -0.2) is 37.1 Å². The molecule has 3 fully saturated rings. The van der Waals surface area contributed by atoms with Gasteiger partial charge in [0.25, 0.3) is 0 Å². The summed E-state index contributed by atoms with van der Waals surface area (Å²) in [4.78, 5) is 2.68. The maximum atomic E-state index is 3.54. The molecule has 2 nitrogen and oxygen atoms in total. The molecule has 0 aromatic rings. The number of nitrogens with zero attached hydrogens (tertiary/aromatic N) is 1. The minimum atomic E-state index is 0.505. The van der Waals surface area contributed by atoms with E-state index in [1.807, 2.05) is 0 Å². The van der Waals surface area contributed by atoms with Crippen molar-refractivity contribution < 1.29 is 0 Å². The van der Waals surface area contributed by atoms with Crippen molar-refractivity contribution in [2.75, 3.05) is 26.7 Å². The molecule has 0 atom stereocenters. The molecule has 2 heteroatoms. The Morgan fingerprint density at radius 1 is 1.07 bits per heavy atom. The summed E-state index contributed by atoms with van der Waals surface area (Å²) in [5.74, 6) is 0. The third kappa shape index (κ3) is 1.24. The van der Waals surface area contributed by atoms with Gasteiger partial charge in [0.15, 0.2) is 0 Å². The van der Waals surface area contributed by atoms with Crippen molar-refractivity contribution in [1.29, 1.82) is 0 Å². The summed E-state index contributed by atoms with van der Waals surface area (Å²) < 4.78 is 0. The first-order chi connectivity index (χ1) is 6.76. The molecule has 0 aromatic carbocycles. The molecule has 1 heterocycles. The zero-order valence-electron chi connectivity index (χ0n) is 9.31. The third-order valence-corrected chi connectivity index (χ3v) is 4.90. The molecule has 1 aliphatic heterocycles. The second kappa shape index (κ2) is 2.96. The van der Waals surface area contributed by atoms with E-state index in [2.05, 4.69) is 17.3 Å². The van der Waals surface area contributed by atoms with E-state index in [-0.39, 0.29) is 0 Å². The normalized spacial score (nSPS) is 33.2. The molecule has 3 rings (SSSR count). The van der Waals surface area contributed by atoms with Crippen LogP contribution in [0.3, 0.4) is 0 Å². The Balaban J connectivity index is 1.50. The van der Waals surface area contributed by atoms with E-state index in [1.165, 1.54) is 58.2 Å². The van der Waals surface area contributed by atoms with Crippen LogP contribution in [0.4, 0.5) is 0 Å². The van der Waals surface area contributed by atoms with E-state index in [9.17, 15) is 0 Å². The van der Waals surface area contributed by atoms with Crippen LogP contribution in [0.5, 0.6) is 0 Å². The lowest BCUT2D eigenvalue weighted by Crippen LogP contribution is -2.66. The van der Waals surface area contributed by atoms with Gasteiger partial charge in [0.05, 0.1) is 0 Å². The lowest BCUT2D eigenvalue weighted by Gasteiger charge is -2.59. The van der Waals surface area contributed by atoms with Gasteiger partial charge >= 0.3 is 0 Å². The fourth-order valence-corrected chi connectivity index (χ4v) is 3.53. The van der Waals surface area contributed by atoms with Gasteiger partial charge < -0.3 is 10.2 Å². The number of hydrogen-bond donors (Lipinski definition) is 1. The van der Waals surface area contributed by atoms with E-state index in [0.717, 1.165) is 5.41 Å². The van der Waals surface area contributed by atoms with Gasteiger partial charge in [-0.2, -0.15) is 0 Å². The zero-order valence-corrected chi connectivity index (χ0v) is 9.31. The standard InChI is InChI=1S/C12H22N2/c1-13-12(6-3-7-12)10-14-8-11(9-14)4-2-5-11/h13H,2-10H2,1H3. The molecule has 0 aromatic heterocycles. The Hall–Kier alpha value is -0.0800. The molecule has 0 radical (unpaired) electrons. The topological polar surface area (TPSA) is 15.3 Å². The maximum Gasteiger partial charge on any atom is 0.0306 e. The third-order valence-electron chi connectivity index (χ3n) is 4.90. The molecule has 14 heavy (non-hydrogen) atoms. The molecule has 1 spiro atoms. The summed E-state index contributed by atoms with van der Waals surface area (Å²) in [7, 11) is 2.14. The molecular weight excluding hydrogens is 172 g/mol. The predicted molar refractivity (Wildman–Crippen MR) is 58.4 cm³/mol. The van der Waals surface area contributed by atoms with Gasteiger partial charge in [-0.05, 0) is 44.6 Å². The highest BCUT2D eigenvalue weighted by atomic mass is 15.2. The van der Waals surface area contributed by atoms with Gasteiger partial charge in [-0.15, -0.1) is 0 Å². The van der Waals surface area contributed by atoms with Crippen molar-refractivity contribution in [2.45, 2.75) is 44.1 Å². The average molecular weight is 194 g/mol. The fourth-order valence-electron chi connectivity index (χ4n) is 3.53. The van der Waals surface area contributed by atoms with Crippen LogP contribution >= 0.6 is 0 Å². The summed E-state index contributed by atoms with van der Waals surface area (Å²) in [6.45, 7) is 4.11. The first-order valence-corrected chi connectivity index (χ1v) is 6.17. The van der Waals surface area contributed by atoms with Crippen LogP contribution in [0, 0.1) is 5.41 Å². The molecule has 2 aliphatic carbocycles. The molecule has 1 saturated heterocycles. The predicted octanol–water partition coefficient (Wildman–Crippen LogP) is 1.61. The Kier molecular flexibility index (Phi) is 1.94. The van der Waals surface area contributed by atoms with Crippen molar-refractivity contribution in [2.24, 2.45) is 5.41 Å².